The normalized spacial score (nSPS) is 19.8. The van der Waals surface area contributed by atoms with E-state index in [0.29, 0.717) is 19.2 Å². The molecule has 3 rings (SSSR count). The van der Waals surface area contributed by atoms with Gasteiger partial charge in [0, 0.05) is 12.6 Å². The molecule has 0 radical (unpaired) electrons. The third-order valence-corrected chi connectivity index (χ3v) is 4.79. The van der Waals surface area contributed by atoms with Crippen LogP contribution in [0.3, 0.4) is 0 Å². The Bertz CT molecular complexity index is 611. The molecule has 2 atom stereocenters. The molecule has 1 heterocycles. The number of hydrogen-bond donors (Lipinski definition) is 1. The number of hydrogen-bond acceptors (Lipinski definition) is 3. The fourth-order valence-corrected chi connectivity index (χ4v) is 3.32. The van der Waals surface area contributed by atoms with E-state index in [1.54, 1.807) is 0 Å². The molecular formula is C21H27NO2. The maximum Gasteiger partial charge on any atom is 0.119 e. The van der Waals surface area contributed by atoms with Crippen molar-refractivity contribution >= 4 is 0 Å². The number of β-amino-alcohol motifs (C(OH)–C–C–N with tert-alkyl or cyclic N) is 1. The molecule has 0 unspecified atom stereocenters. The zero-order valence-corrected chi connectivity index (χ0v) is 14.4. The Labute approximate surface area is 144 Å². The van der Waals surface area contributed by atoms with Gasteiger partial charge in [-0.25, -0.2) is 0 Å². The van der Waals surface area contributed by atoms with Gasteiger partial charge in [-0.1, -0.05) is 48.9 Å². The van der Waals surface area contributed by atoms with Gasteiger partial charge in [-0.05, 0) is 49.6 Å². The summed E-state index contributed by atoms with van der Waals surface area (Å²) in [6.07, 6.45) is 3.32. The molecule has 24 heavy (non-hydrogen) atoms. The van der Waals surface area contributed by atoms with Crippen molar-refractivity contribution in [1.29, 1.82) is 0 Å². The summed E-state index contributed by atoms with van der Waals surface area (Å²) in [5, 5.41) is 10.2. The van der Waals surface area contributed by atoms with Crippen LogP contribution in [0.4, 0.5) is 0 Å². The molecule has 0 spiro atoms. The summed E-state index contributed by atoms with van der Waals surface area (Å²) >= 11 is 0. The van der Waals surface area contributed by atoms with Crippen LogP contribution in [0.25, 0.3) is 11.1 Å². The predicted octanol–water partition coefficient (Wildman–Crippen LogP) is 3.97. The number of aliphatic hydroxyl groups is 1. The second-order valence-corrected chi connectivity index (χ2v) is 6.69. The van der Waals surface area contributed by atoms with Crippen LogP contribution in [-0.4, -0.2) is 41.8 Å². The van der Waals surface area contributed by atoms with Crippen LogP contribution >= 0.6 is 0 Å². The lowest BCUT2D eigenvalue weighted by molar-refractivity contribution is 0.0438. The molecule has 2 aromatic carbocycles. The average molecular weight is 325 g/mol. The number of aliphatic hydroxyl groups excluding tert-OH is 1. The number of benzene rings is 2. The van der Waals surface area contributed by atoms with Crippen LogP contribution in [-0.2, 0) is 0 Å². The predicted molar refractivity (Wildman–Crippen MR) is 98.3 cm³/mol. The Balaban J connectivity index is 1.49. The highest BCUT2D eigenvalue weighted by molar-refractivity contribution is 5.63. The highest BCUT2D eigenvalue weighted by atomic mass is 16.5. The minimum absolute atomic E-state index is 0.341. The molecule has 3 nitrogen and oxygen atoms in total. The topological polar surface area (TPSA) is 32.7 Å². The number of nitrogens with zero attached hydrogens (tertiary/aromatic N) is 1. The van der Waals surface area contributed by atoms with Gasteiger partial charge in [-0.15, -0.1) is 0 Å². The first kappa shape index (κ1) is 17.0. The summed E-state index contributed by atoms with van der Waals surface area (Å²) in [7, 11) is 0. The van der Waals surface area contributed by atoms with Crippen molar-refractivity contribution in [3.8, 4) is 16.9 Å². The summed E-state index contributed by atoms with van der Waals surface area (Å²) in [4.78, 5) is 2.37. The largest absolute Gasteiger partial charge is 0.491 e. The van der Waals surface area contributed by atoms with E-state index in [9.17, 15) is 5.11 Å². The number of piperidine rings is 1. The molecule has 0 aliphatic carbocycles. The molecule has 1 aliphatic rings. The van der Waals surface area contributed by atoms with Crippen molar-refractivity contribution in [2.24, 2.45) is 0 Å². The summed E-state index contributed by atoms with van der Waals surface area (Å²) in [5.41, 5.74) is 2.37. The zero-order valence-electron chi connectivity index (χ0n) is 14.4. The molecule has 3 heteroatoms. The van der Waals surface area contributed by atoms with E-state index in [0.717, 1.165) is 12.3 Å². The molecule has 0 aromatic heterocycles. The van der Waals surface area contributed by atoms with Gasteiger partial charge in [0.05, 0.1) is 0 Å². The monoisotopic (exact) mass is 325 g/mol. The quantitative estimate of drug-likeness (QED) is 0.872. The molecule has 0 bridgehead atoms. The Kier molecular flexibility index (Phi) is 5.89. The van der Waals surface area contributed by atoms with Crippen LogP contribution in [0.15, 0.2) is 54.6 Å². The maximum atomic E-state index is 10.2. The minimum atomic E-state index is -0.445. The number of ether oxygens (including phenoxy) is 1. The van der Waals surface area contributed by atoms with E-state index in [1.165, 1.54) is 30.4 Å². The highest BCUT2D eigenvalue weighted by Gasteiger charge is 2.20. The van der Waals surface area contributed by atoms with Gasteiger partial charge in [0.25, 0.3) is 0 Å². The maximum absolute atomic E-state index is 10.2. The minimum Gasteiger partial charge on any atom is -0.491 e. The van der Waals surface area contributed by atoms with Crippen LogP contribution in [0.2, 0.25) is 0 Å². The Morgan fingerprint density at radius 2 is 1.75 bits per heavy atom. The SMILES string of the molecule is C[C@@H]1CCCCN1C[C@@H](O)COc1ccc(-c2ccccc2)cc1. The first-order valence-electron chi connectivity index (χ1n) is 8.93. The molecule has 2 aromatic rings. The first-order chi connectivity index (χ1) is 11.7. The average Bonchev–Trinajstić information content (AvgIpc) is 2.63. The Hall–Kier alpha value is -1.84. The van der Waals surface area contributed by atoms with Crippen LogP contribution in [0.1, 0.15) is 26.2 Å². The van der Waals surface area contributed by atoms with E-state index in [-0.39, 0.29) is 0 Å². The van der Waals surface area contributed by atoms with Gasteiger partial charge in [0.2, 0.25) is 0 Å². The van der Waals surface area contributed by atoms with Gasteiger partial charge in [0.1, 0.15) is 18.5 Å². The van der Waals surface area contributed by atoms with Gasteiger partial charge in [-0.2, -0.15) is 0 Å². The van der Waals surface area contributed by atoms with Crippen molar-refractivity contribution in [3.63, 3.8) is 0 Å². The lowest BCUT2D eigenvalue weighted by Crippen LogP contribution is -2.43. The van der Waals surface area contributed by atoms with Crippen molar-refractivity contribution in [2.75, 3.05) is 19.7 Å². The van der Waals surface area contributed by atoms with Crippen molar-refractivity contribution in [2.45, 2.75) is 38.3 Å². The first-order valence-corrected chi connectivity index (χ1v) is 8.93. The molecular weight excluding hydrogens is 298 g/mol. The third-order valence-electron chi connectivity index (χ3n) is 4.79. The van der Waals surface area contributed by atoms with Crippen LogP contribution in [0.5, 0.6) is 5.75 Å². The second kappa shape index (κ2) is 8.32. The molecule has 1 saturated heterocycles. The van der Waals surface area contributed by atoms with E-state index in [2.05, 4.69) is 36.1 Å². The van der Waals surface area contributed by atoms with Gasteiger partial charge < -0.3 is 9.84 Å². The summed E-state index contributed by atoms with van der Waals surface area (Å²) in [5.74, 6) is 0.806. The fraction of sp³-hybridized carbons (Fsp3) is 0.429. The molecule has 1 N–H and O–H groups in total. The second-order valence-electron chi connectivity index (χ2n) is 6.69. The summed E-state index contributed by atoms with van der Waals surface area (Å²) in [6, 6.07) is 18.9. The van der Waals surface area contributed by atoms with E-state index in [4.69, 9.17) is 4.74 Å². The van der Waals surface area contributed by atoms with Crippen LogP contribution < -0.4 is 4.74 Å². The van der Waals surface area contributed by atoms with Crippen molar-refractivity contribution < 1.29 is 9.84 Å². The van der Waals surface area contributed by atoms with E-state index >= 15 is 0 Å². The molecule has 0 amide bonds. The molecule has 128 valence electrons. The van der Waals surface area contributed by atoms with Gasteiger partial charge in [0.15, 0.2) is 0 Å². The summed E-state index contributed by atoms with van der Waals surface area (Å²) in [6.45, 7) is 4.37. The number of likely N-dealkylation sites (tertiary alicyclic amines) is 1. The fourth-order valence-electron chi connectivity index (χ4n) is 3.32. The lowest BCUT2D eigenvalue weighted by atomic mass is 10.0. The Morgan fingerprint density at radius 1 is 1.04 bits per heavy atom. The number of rotatable bonds is 6. The molecule has 1 aliphatic heterocycles. The Morgan fingerprint density at radius 3 is 2.46 bits per heavy atom. The molecule has 0 saturated carbocycles. The smallest absolute Gasteiger partial charge is 0.119 e. The van der Waals surface area contributed by atoms with Crippen LogP contribution in [0, 0.1) is 0 Å². The van der Waals surface area contributed by atoms with E-state index in [1.807, 2.05) is 30.3 Å². The van der Waals surface area contributed by atoms with Crippen molar-refractivity contribution in [1.82, 2.24) is 4.90 Å². The van der Waals surface area contributed by atoms with Gasteiger partial charge >= 0.3 is 0 Å². The van der Waals surface area contributed by atoms with Crippen molar-refractivity contribution in [3.05, 3.63) is 54.6 Å². The summed E-state index contributed by atoms with van der Waals surface area (Å²) < 4.78 is 5.76. The zero-order chi connectivity index (χ0) is 16.8. The lowest BCUT2D eigenvalue weighted by Gasteiger charge is -2.34. The van der Waals surface area contributed by atoms with Gasteiger partial charge in [-0.3, -0.25) is 4.90 Å². The standard InChI is InChI=1S/C21H27NO2/c1-17-7-5-6-14-22(17)15-20(23)16-24-21-12-10-19(11-13-21)18-8-3-2-4-9-18/h2-4,8-13,17,20,23H,5-7,14-16H2,1H3/t17-,20-/m1/s1. The van der Waals surface area contributed by atoms with E-state index < -0.39 is 6.10 Å². The molecule has 1 fully saturated rings. The third kappa shape index (κ3) is 4.59. The highest BCUT2D eigenvalue weighted by Crippen LogP contribution is 2.22.